The van der Waals surface area contributed by atoms with Crippen molar-refractivity contribution < 1.29 is 24.2 Å². The van der Waals surface area contributed by atoms with Gasteiger partial charge >= 0.3 is 5.97 Å². The summed E-state index contributed by atoms with van der Waals surface area (Å²) in [6, 6.07) is 13.6. The summed E-state index contributed by atoms with van der Waals surface area (Å²) >= 11 is 0. The number of nitrogens with zero attached hydrogens (tertiary/aromatic N) is 2. The zero-order valence-corrected chi connectivity index (χ0v) is 18.3. The maximum Gasteiger partial charge on any atom is 0.306 e. The summed E-state index contributed by atoms with van der Waals surface area (Å²) in [5.41, 5.74) is 2.92. The molecule has 3 rings (SSSR count). The maximum atomic E-state index is 12.8. The number of carbonyl (C=O) groups is 2. The molecule has 1 heterocycles. The van der Waals surface area contributed by atoms with Gasteiger partial charge in [-0.25, -0.2) is 0 Å². The Balaban J connectivity index is 1.62. The molecule has 31 heavy (non-hydrogen) atoms. The highest BCUT2D eigenvalue weighted by atomic mass is 16.5. The van der Waals surface area contributed by atoms with E-state index in [1.165, 1.54) is 0 Å². The van der Waals surface area contributed by atoms with Crippen molar-refractivity contribution in [2.24, 2.45) is 5.92 Å². The van der Waals surface area contributed by atoms with Crippen LogP contribution in [0, 0.1) is 5.92 Å². The van der Waals surface area contributed by atoms with E-state index >= 15 is 0 Å². The summed E-state index contributed by atoms with van der Waals surface area (Å²) in [5.74, 6) is 0.356. The Morgan fingerprint density at radius 1 is 1.10 bits per heavy atom. The van der Waals surface area contributed by atoms with Crippen molar-refractivity contribution in [3.8, 4) is 11.5 Å². The SMILES string of the molecule is COc1ccc(CC(=O)N(C)Cc2cccc(N3CCC(C(=O)O)CC3)c2)c(OC)c1. The van der Waals surface area contributed by atoms with Gasteiger partial charge in [0.1, 0.15) is 11.5 Å². The van der Waals surface area contributed by atoms with Crippen LogP contribution in [0.3, 0.4) is 0 Å². The van der Waals surface area contributed by atoms with Crippen molar-refractivity contribution in [1.82, 2.24) is 4.90 Å². The number of carbonyl (C=O) groups excluding carboxylic acids is 1. The molecule has 1 aliphatic heterocycles. The minimum atomic E-state index is -0.706. The highest BCUT2D eigenvalue weighted by molar-refractivity contribution is 5.79. The number of hydrogen-bond donors (Lipinski definition) is 1. The van der Waals surface area contributed by atoms with E-state index in [0.717, 1.165) is 29.9 Å². The van der Waals surface area contributed by atoms with Crippen LogP contribution < -0.4 is 14.4 Å². The zero-order valence-electron chi connectivity index (χ0n) is 18.3. The zero-order chi connectivity index (χ0) is 22.4. The molecule has 7 nitrogen and oxygen atoms in total. The number of likely N-dealkylation sites (N-methyl/N-ethyl adjacent to an activating group) is 1. The lowest BCUT2D eigenvalue weighted by Gasteiger charge is -2.32. The van der Waals surface area contributed by atoms with E-state index in [1.54, 1.807) is 32.2 Å². The quantitative estimate of drug-likeness (QED) is 0.698. The van der Waals surface area contributed by atoms with Crippen LogP contribution in [-0.2, 0) is 22.6 Å². The normalized spacial score (nSPS) is 14.2. The van der Waals surface area contributed by atoms with Gasteiger partial charge in [0.05, 0.1) is 26.6 Å². The molecule has 0 radical (unpaired) electrons. The monoisotopic (exact) mass is 426 g/mol. The van der Waals surface area contributed by atoms with Gasteiger partial charge in [-0.1, -0.05) is 18.2 Å². The minimum absolute atomic E-state index is 0.00357. The Kier molecular flexibility index (Phi) is 7.39. The number of carboxylic acids is 1. The third-order valence-electron chi connectivity index (χ3n) is 5.80. The van der Waals surface area contributed by atoms with Gasteiger partial charge in [-0.05, 0) is 36.6 Å². The third kappa shape index (κ3) is 5.69. The molecule has 1 aliphatic rings. The summed E-state index contributed by atoms with van der Waals surface area (Å²) in [5, 5.41) is 9.19. The van der Waals surface area contributed by atoms with Gasteiger partial charge < -0.3 is 24.4 Å². The number of benzene rings is 2. The van der Waals surface area contributed by atoms with E-state index in [-0.39, 0.29) is 18.2 Å². The number of rotatable bonds is 8. The lowest BCUT2D eigenvalue weighted by molar-refractivity contribution is -0.142. The largest absolute Gasteiger partial charge is 0.497 e. The summed E-state index contributed by atoms with van der Waals surface area (Å²) < 4.78 is 10.6. The number of methoxy groups -OCH3 is 2. The fourth-order valence-corrected chi connectivity index (χ4v) is 3.89. The number of anilines is 1. The summed E-state index contributed by atoms with van der Waals surface area (Å²) in [6.07, 6.45) is 1.55. The minimum Gasteiger partial charge on any atom is -0.497 e. The van der Waals surface area contributed by atoms with Crippen LogP contribution in [0.15, 0.2) is 42.5 Å². The molecule has 0 spiro atoms. The highest BCUT2D eigenvalue weighted by Crippen LogP contribution is 2.26. The van der Waals surface area contributed by atoms with Gasteiger partial charge in [0.2, 0.25) is 5.91 Å². The summed E-state index contributed by atoms with van der Waals surface area (Å²) in [4.78, 5) is 27.9. The maximum absolute atomic E-state index is 12.8. The van der Waals surface area contributed by atoms with Crippen molar-refractivity contribution in [1.29, 1.82) is 0 Å². The van der Waals surface area contributed by atoms with E-state index < -0.39 is 5.97 Å². The average Bonchev–Trinajstić information content (AvgIpc) is 2.79. The molecule has 0 bridgehead atoms. The van der Waals surface area contributed by atoms with Crippen LogP contribution in [-0.4, -0.2) is 56.2 Å². The molecule has 0 atom stereocenters. The van der Waals surface area contributed by atoms with Gasteiger partial charge in [0, 0.05) is 44.0 Å². The molecule has 2 aromatic carbocycles. The molecule has 1 amide bonds. The fourth-order valence-electron chi connectivity index (χ4n) is 3.89. The van der Waals surface area contributed by atoms with Gasteiger partial charge in [-0.3, -0.25) is 9.59 Å². The number of piperidine rings is 1. The Morgan fingerprint density at radius 3 is 2.48 bits per heavy atom. The fraction of sp³-hybridized carbons (Fsp3) is 0.417. The van der Waals surface area contributed by atoms with Crippen LogP contribution in [0.4, 0.5) is 5.69 Å². The lowest BCUT2D eigenvalue weighted by Crippen LogP contribution is -2.36. The molecule has 2 aromatic rings. The van der Waals surface area contributed by atoms with Crippen molar-refractivity contribution in [3.63, 3.8) is 0 Å². The van der Waals surface area contributed by atoms with Gasteiger partial charge in [0.25, 0.3) is 0 Å². The highest BCUT2D eigenvalue weighted by Gasteiger charge is 2.24. The van der Waals surface area contributed by atoms with Crippen LogP contribution in [0.1, 0.15) is 24.0 Å². The Labute approximate surface area is 183 Å². The molecule has 0 aromatic heterocycles. The lowest BCUT2D eigenvalue weighted by atomic mass is 9.96. The van der Waals surface area contributed by atoms with Crippen LogP contribution >= 0.6 is 0 Å². The second-order valence-corrected chi connectivity index (χ2v) is 7.87. The number of hydrogen-bond acceptors (Lipinski definition) is 5. The van der Waals surface area contributed by atoms with E-state index in [2.05, 4.69) is 11.0 Å². The second-order valence-electron chi connectivity index (χ2n) is 7.87. The summed E-state index contributed by atoms with van der Waals surface area (Å²) in [7, 11) is 4.97. The predicted octanol–water partition coefficient (Wildman–Crippen LogP) is 3.21. The first-order valence-corrected chi connectivity index (χ1v) is 10.4. The van der Waals surface area contributed by atoms with Crippen molar-refractivity contribution in [2.45, 2.75) is 25.8 Å². The first-order valence-electron chi connectivity index (χ1n) is 10.4. The Morgan fingerprint density at radius 2 is 1.84 bits per heavy atom. The molecule has 1 saturated heterocycles. The Hall–Kier alpha value is -3.22. The second kappa shape index (κ2) is 10.2. The molecule has 0 aliphatic carbocycles. The number of carboxylic acid groups (broad SMARTS) is 1. The average molecular weight is 427 g/mol. The number of aliphatic carboxylic acids is 1. The molecule has 1 N–H and O–H groups in total. The molecule has 7 heteroatoms. The van der Waals surface area contributed by atoms with E-state index in [4.69, 9.17) is 9.47 Å². The third-order valence-corrected chi connectivity index (χ3v) is 5.80. The number of ether oxygens (including phenoxy) is 2. The van der Waals surface area contributed by atoms with E-state index in [9.17, 15) is 14.7 Å². The standard InChI is InChI=1S/C24H30N2O5/c1-25(23(27)14-19-7-8-21(30-2)15-22(19)31-3)16-17-5-4-6-20(13-17)26-11-9-18(10-12-26)24(28)29/h4-8,13,15,18H,9-12,14,16H2,1-3H3,(H,28,29). The molecular formula is C24H30N2O5. The summed E-state index contributed by atoms with van der Waals surface area (Å²) in [6.45, 7) is 1.95. The van der Waals surface area contributed by atoms with Crippen LogP contribution in [0.5, 0.6) is 11.5 Å². The topological polar surface area (TPSA) is 79.3 Å². The van der Waals surface area contributed by atoms with E-state index in [0.29, 0.717) is 30.9 Å². The molecule has 0 saturated carbocycles. The van der Waals surface area contributed by atoms with Gasteiger partial charge in [-0.15, -0.1) is 0 Å². The molecule has 1 fully saturated rings. The smallest absolute Gasteiger partial charge is 0.306 e. The molecule has 0 unspecified atom stereocenters. The Bertz CT molecular complexity index is 922. The molecular weight excluding hydrogens is 396 g/mol. The first kappa shape index (κ1) is 22.5. The van der Waals surface area contributed by atoms with Crippen molar-refractivity contribution in [2.75, 3.05) is 39.3 Å². The van der Waals surface area contributed by atoms with Crippen LogP contribution in [0.25, 0.3) is 0 Å². The van der Waals surface area contributed by atoms with E-state index in [1.807, 2.05) is 30.3 Å². The molecule has 166 valence electrons. The van der Waals surface area contributed by atoms with Crippen LogP contribution in [0.2, 0.25) is 0 Å². The predicted molar refractivity (Wildman–Crippen MR) is 119 cm³/mol. The first-order chi connectivity index (χ1) is 14.9. The van der Waals surface area contributed by atoms with Crippen molar-refractivity contribution in [3.05, 3.63) is 53.6 Å². The number of amides is 1. The van der Waals surface area contributed by atoms with Gasteiger partial charge in [0.15, 0.2) is 0 Å². The van der Waals surface area contributed by atoms with Gasteiger partial charge in [-0.2, -0.15) is 0 Å². The van der Waals surface area contributed by atoms with Crippen molar-refractivity contribution >= 4 is 17.6 Å².